The molecule has 1 aliphatic heterocycles. The maximum Gasteiger partial charge on any atom is 0.237 e. The molecule has 0 bridgehead atoms. The van der Waals surface area contributed by atoms with Gasteiger partial charge < -0.3 is 15.4 Å². The van der Waals surface area contributed by atoms with Crippen molar-refractivity contribution < 1.29 is 9.53 Å². The highest BCUT2D eigenvalue weighted by atomic mass is 16.5. The van der Waals surface area contributed by atoms with Gasteiger partial charge >= 0.3 is 0 Å². The molecule has 1 saturated heterocycles. The molecule has 1 aliphatic carbocycles. The lowest BCUT2D eigenvalue weighted by Crippen LogP contribution is -2.53. The van der Waals surface area contributed by atoms with Crippen LogP contribution in [0.4, 0.5) is 0 Å². The molecule has 0 radical (unpaired) electrons. The molecule has 16 heavy (non-hydrogen) atoms. The molecule has 2 fully saturated rings. The molecule has 4 heteroatoms. The molecule has 2 rings (SSSR count). The topological polar surface area (TPSA) is 50.4 Å². The highest BCUT2D eigenvalue weighted by molar-refractivity contribution is 5.81. The van der Waals surface area contributed by atoms with Crippen molar-refractivity contribution in [3.8, 4) is 0 Å². The third-order valence-electron chi connectivity index (χ3n) is 3.91. The third-order valence-corrected chi connectivity index (χ3v) is 3.91. The quantitative estimate of drug-likeness (QED) is 0.746. The normalized spacial score (nSPS) is 28.2. The SMILES string of the molecule is COC1(CNC(=O)[C@@H]2CCCCN2)CCC1. The number of nitrogens with one attached hydrogen (secondary N) is 2. The molecule has 4 nitrogen and oxygen atoms in total. The summed E-state index contributed by atoms with van der Waals surface area (Å²) in [5.74, 6) is 0.142. The van der Waals surface area contributed by atoms with E-state index in [1.165, 1.54) is 12.8 Å². The van der Waals surface area contributed by atoms with E-state index in [0.717, 1.165) is 32.2 Å². The van der Waals surface area contributed by atoms with Gasteiger partial charge in [0.15, 0.2) is 0 Å². The number of amides is 1. The van der Waals surface area contributed by atoms with Crippen LogP contribution >= 0.6 is 0 Å². The van der Waals surface area contributed by atoms with Crippen LogP contribution in [0.15, 0.2) is 0 Å². The van der Waals surface area contributed by atoms with Crippen molar-refractivity contribution >= 4 is 5.91 Å². The van der Waals surface area contributed by atoms with Gasteiger partial charge in [-0.1, -0.05) is 6.42 Å². The number of carbonyl (C=O) groups is 1. The monoisotopic (exact) mass is 226 g/mol. The van der Waals surface area contributed by atoms with Gasteiger partial charge in [-0.2, -0.15) is 0 Å². The molecular weight excluding hydrogens is 204 g/mol. The van der Waals surface area contributed by atoms with Crippen LogP contribution in [0, 0.1) is 0 Å². The summed E-state index contributed by atoms with van der Waals surface area (Å²) in [6.45, 7) is 1.63. The molecule has 2 N–H and O–H groups in total. The molecular formula is C12H22N2O2. The van der Waals surface area contributed by atoms with Gasteiger partial charge in [-0.3, -0.25) is 4.79 Å². The zero-order valence-electron chi connectivity index (χ0n) is 10.1. The Morgan fingerprint density at radius 2 is 2.25 bits per heavy atom. The number of hydrogen-bond acceptors (Lipinski definition) is 3. The number of carbonyl (C=O) groups excluding carboxylic acids is 1. The number of ether oxygens (including phenoxy) is 1. The summed E-state index contributed by atoms with van der Waals surface area (Å²) >= 11 is 0. The van der Waals surface area contributed by atoms with E-state index in [1.807, 2.05) is 0 Å². The predicted molar refractivity (Wildman–Crippen MR) is 62.2 cm³/mol. The van der Waals surface area contributed by atoms with Crippen molar-refractivity contribution in [2.45, 2.75) is 50.2 Å². The van der Waals surface area contributed by atoms with Crippen LogP contribution in [0.1, 0.15) is 38.5 Å². The first-order valence-corrected chi connectivity index (χ1v) is 6.32. The Morgan fingerprint density at radius 3 is 2.75 bits per heavy atom. The van der Waals surface area contributed by atoms with Crippen molar-refractivity contribution in [1.29, 1.82) is 0 Å². The Hall–Kier alpha value is -0.610. The van der Waals surface area contributed by atoms with Crippen LogP contribution in [0.3, 0.4) is 0 Å². The van der Waals surface area contributed by atoms with Gasteiger partial charge in [0.2, 0.25) is 5.91 Å². The lowest BCUT2D eigenvalue weighted by Gasteiger charge is -2.40. The van der Waals surface area contributed by atoms with Crippen LogP contribution in [-0.4, -0.2) is 37.7 Å². The molecule has 1 saturated carbocycles. The van der Waals surface area contributed by atoms with E-state index >= 15 is 0 Å². The molecule has 92 valence electrons. The first-order chi connectivity index (χ1) is 7.76. The average molecular weight is 226 g/mol. The predicted octanol–water partition coefficient (Wildman–Crippen LogP) is 0.814. The second-order valence-corrected chi connectivity index (χ2v) is 4.96. The minimum atomic E-state index is -0.0652. The molecule has 0 aromatic rings. The number of rotatable bonds is 4. The van der Waals surface area contributed by atoms with E-state index < -0.39 is 0 Å². The van der Waals surface area contributed by atoms with Crippen molar-refractivity contribution in [3.63, 3.8) is 0 Å². The summed E-state index contributed by atoms with van der Waals surface area (Å²) in [7, 11) is 1.74. The molecule has 0 aromatic carbocycles. The highest BCUT2D eigenvalue weighted by Crippen LogP contribution is 2.34. The smallest absolute Gasteiger partial charge is 0.237 e. The summed E-state index contributed by atoms with van der Waals surface area (Å²) in [6.07, 6.45) is 6.66. The molecule has 2 aliphatic rings. The van der Waals surface area contributed by atoms with E-state index in [2.05, 4.69) is 10.6 Å². The zero-order chi connectivity index (χ0) is 11.4. The Bertz CT molecular complexity index is 240. The highest BCUT2D eigenvalue weighted by Gasteiger charge is 2.37. The van der Waals surface area contributed by atoms with Crippen LogP contribution < -0.4 is 10.6 Å². The second kappa shape index (κ2) is 5.15. The number of hydrogen-bond donors (Lipinski definition) is 2. The minimum Gasteiger partial charge on any atom is -0.376 e. The Kier molecular flexibility index (Phi) is 3.82. The summed E-state index contributed by atoms with van der Waals surface area (Å²) in [6, 6.07) is 0.0164. The van der Waals surface area contributed by atoms with Gasteiger partial charge in [0.05, 0.1) is 11.6 Å². The lowest BCUT2D eigenvalue weighted by atomic mass is 9.80. The Labute approximate surface area is 97.1 Å². The summed E-state index contributed by atoms with van der Waals surface area (Å²) < 4.78 is 5.48. The van der Waals surface area contributed by atoms with Gasteiger partial charge in [-0.05, 0) is 38.6 Å². The van der Waals surface area contributed by atoms with Gasteiger partial charge in [0.1, 0.15) is 0 Å². The van der Waals surface area contributed by atoms with E-state index in [1.54, 1.807) is 7.11 Å². The lowest BCUT2D eigenvalue weighted by molar-refractivity contribution is -0.127. The van der Waals surface area contributed by atoms with E-state index in [4.69, 9.17) is 4.74 Å². The molecule has 0 unspecified atom stereocenters. The van der Waals surface area contributed by atoms with Crippen LogP contribution in [0.2, 0.25) is 0 Å². The number of methoxy groups -OCH3 is 1. The van der Waals surface area contributed by atoms with Gasteiger partial charge in [-0.15, -0.1) is 0 Å². The fraction of sp³-hybridized carbons (Fsp3) is 0.917. The summed E-state index contributed by atoms with van der Waals surface area (Å²) in [4.78, 5) is 11.9. The summed E-state index contributed by atoms with van der Waals surface area (Å²) in [5.41, 5.74) is -0.0652. The zero-order valence-corrected chi connectivity index (χ0v) is 10.1. The fourth-order valence-electron chi connectivity index (χ4n) is 2.47. The molecule has 1 atom stereocenters. The third kappa shape index (κ3) is 2.55. The average Bonchev–Trinajstić information content (AvgIpc) is 2.29. The van der Waals surface area contributed by atoms with Gasteiger partial charge in [0, 0.05) is 13.7 Å². The molecule has 0 aromatic heterocycles. The second-order valence-electron chi connectivity index (χ2n) is 4.96. The summed E-state index contributed by atoms with van der Waals surface area (Å²) in [5, 5.41) is 6.28. The fourth-order valence-corrected chi connectivity index (χ4v) is 2.47. The van der Waals surface area contributed by atoms with E-state index in [9.17, 15) is 4.79 Å². The molecule has 0 spiro atoms. The number of piperidine rings is 1. The van der Waals surface area contributed by atoms with E-state index in [0.29, 0.717) is 6.54 Å². The van der Waals surface area contributed by atoms with Crippen LogP contribution in [-0.2, 0) is 9.53 Å². The Morgan fingerprint density at radius 1 is 1.44 bits per heavy atom. The van der Waals surface area contributed by atoms with Gasteiger partial charge in [-0.25, -0.2) is 0 Å². The van der Waals surface area contributed by atoms with Crippen molar-refractivity contribution in [3.05, 3.63) is 0 Å². The maximum absolute atomic E-state index is 11.9. The van der Waals surface area contributed by atoms with Crippen LogP contribution in [0.5, 0.6) is 0 Å². The first-order valence-electron chi connectivity index (χ1n) is 6.32. The van der Waals surface area contributed by atoms with Gasteiger partial charge in [0.25, 0.3) is 0 Å². The van der Waals surface area contributed by atoms with Crippen molar-refractivity contribution in [2.24, 2.45) is 0 Å². The first kappa shape index (κ1) is 11.9. The van der Waals surface area contributed by atoms with E-state index in [-0.39, 0.29) is 17.6 Å². The molecule has 1 amide bonds. The van der Waals surface area contributed by atoms with Crippen LogP contribution in [0.25, 0.3) is 0 Å². The molecule has 1 heterocycles. The minimum absolute atomic E-state index is 0.0164. The van der Waals surface area contributed by atoms with Crippen molar-refractivity contribution in [2.75, 3.05) is 20.2 Å². The maximum atomic E-state index is 11.9. The largest absolute Gasteiger partial charge is 0.376 e. The standard InChI is InChI=1S/C12H22N2O2/c1-16-12(6-4-7-12)9-14-11(15)10-5-2-3-8-13-10/h10,13H,2-9H2,1H3,(H,14,15)/t10-/m0/s1. The van der Waals surface area contributed by atoms with Crippen molar-refractivity contribution in [1.82, 2.24) is 10.6 Å². The Balaban J connectivity index is 1.74.